The molecule has 284 valence electrons. The van der Waals surface area contributed by atoms with E-state index >= 15 is 0 Å². The maximum atomic E-state index is 13.5. The fourth-order valence-corrected chi connectivity index (χ4v) is 10.7. The van der Waals surface area contributed by atoms with Gasteiger partial charge in [0, 0.05) is 86.7 Å². The second kappa shape index (κ2) is 17.7. The molecule has 1 amide bonds. The lowest BCUT2D eigenvalue weighted by Crippen LogP contribution is -2.61. The summed E-state index contributed by atoms with van der Waals surface area (Å²) in [5.41, 5.74) is 4.45. The smallest absolute Gasteiger partial charge is 0.261 e. The minimum atomic E-state index is -0.0323. The summed E-state index contributed by atoms with van der Waals surface area (Å²) in [5, 5.41) is 1.11. The molecule has 10 heteroatoms. The van der Waals surface area contributed by atoms with Crippen LogP contribution in [0, 0.1) is 23.7 Å². The van der Waals surface area contributed by atoms with Gasteiger partial charge in [0.25, 0.3) is 5.91 Å². The molecule has 52 heavy (non-hydrogen) atoms. The van der Waals surface area contributed by atoms with E-state index in [0.29, 0.717) is 47.1 Å². The number of nitrogens with one attached hydrogen (secondary N) is 1. The van der Waals surface area contributed by atoms with Gasteiger partial charge in [0.2, 0.25) is 0 Å². The number of carbonyl (C=O) groups is 1. The first-order valence-electron chi connectivity index (χ1n) is 20.0. The molecular formula is C42H60ClN5O2S2. The summed E-state index contributed by atoms with van der Waals surface area (Å²) in [6.07, 6.45) is 14.2. The number of unbranched alkanes of at least 4 members (excludes halogenated alkanes) is 1. The van der Waals surface area contributed by atoms with Crippen molar-refractivity contribution in [3.8, 4) is 5.75 Å². The molecule has 0 radical (unpaired) electrons. The summed E-state index contributed by atoms with van der Waals surface area (Å²) in [5.74, 6) is 3.29. The second-order valence-electron chi connectivity index (χ2n) is 16.1. The highest BCUT2D eigenvalue weighted by molar-refractivity contribution is 7.98. The third-order valence-corrected chi connectivity index (χ3v) is 15.0. The summed E-state index contributed by atoms with van der Waals surface area (Å²) in [4.78, 5) is 21.7. The van der Waals surface area contributed by atoms with Crippen LogP contribution in [0.5, 0.6) is 5.75 Å². The molecule has 7 atom stereocenters. The Morgan fingerprint density at radius 1 is 1.02 bits per heavy atom. The first-order valence-corrected chi connectivity index (χ1v) is 22.4. The van der Waals surface area contributed by atoms with E-state index in [-0.39, 0.29) is 11.8 Å². The molecule has 1 saturated carbocycles. The fraction of sp³-hybridized carbons (Fsp3) is 0.643. The van der Waals surface area contributed by atoms with Gasteiger partial charge >= 0.3 is 0 Å². The molecule has 1 aliphatic carbocycles. The molecule has 7 unspecified atom stereocenters. The van der Waals surface area contributed by atoms with Crippen LogP contribution in [0.4, 0.5) is 5.69 Å². The Balaban J connectivity index is 1.18. The quantitative estimate of drug-likeness (QED) is 0.224. The number of hydrogen-bond donors (Lipinski definition) is 1. The van der Waals surface area contributed by atoms with Gasteiger partial charge in [-0.25, -0.2) is 4.31 Å². The van der Waals surface area contributed by atoms with E-state index in [9.17, 15) is 4.79 Å². The van der Waals surface area contributed by atoms with Gasteiger partial charge in [-0.05, 0) is 115 Å². The van der Waals surface area contributed by atoms with Gasteiger partial charge in [-0.2, -0.15) is 0 Å². The Bertz CT molecular complexity index is 1560. The largest absolute Gasteiger partial charge is 0.491 e. The van der Waals surface area contributed by atoms with E-state index in [0.717, 1.165) is 61.8 Å². The molecule has 4 aliphatic heterocycles. The van der Waals surface area contributed by atoms with Crippen LogP contribution in [0.1, 0.15) is 80.3 Å². The summed E-state index contributed by atoms with van der Waals surface area (Å²) in [6, 6.07) is 13.2. The third-order valence-electron chi connectivity index (χ3n) is 12.8. The highest BCUT2D eigenvalue weighted by Gasteiger charge is 2.40. The van der Waals surface area contributed by atoms with Gasteiger partial charge in [-0.1, -0.05) is 69.0 Å². The zero-order valence-electron chi connectivity index (χ0n) is 31.8. The molecule has 5 aliphatic rings. The number of halogens is 1. The highest BCUT2D eigenvalue weighted by Crippen LogP contribution is 2.45. The Morgan fingerprint density at radius 3 is 2.69 bits per heavy atom. The van der Waals surface area contributed by atoms with Crippen molar-refractivity contribution < 1.29 is 9.53 Å². The molecule has 4 heterocycles. The van der Waals surface area contributed by atoms with Crippen molar-refractivity contribution in [1.82, 2.24) is 18.8 Å². The monoisotopic (exact) mass is 765 g/mol. The van der Waals surface area contributed by atoms with Crippen LogP contribution in [-0.2, 0) is 6.42 Å². The summed E-state index contributed by atoms with van der Waals surface area (Å²) in [7, 11) is 0. The number of aryl methyl sites for hydroxylation is 1. The van der Waals surface area contributed by atoms with Crippen LogP contribution in [0.3, 0.4) is 0 Å². The lowest BCUT2D eigenvalue weighted by Gasteiger charge is -2.49. The molecule has 7 nitrogen and oxygen atoms in total. The second-order valence-corrected chi connectivity index (χ2v) is 18.6. The number of anilines is 1. The third kappa shape index (κ3) is 8.97. The number of benzene rings is 2. The summed E-state index contributed by atoms with van der Waals surface area (Å²) < 4.78 is 12.4. The van der Waals surface area contributed by atoms with Crippen LogP contribution in [0.25, 0.3) is 0 Å². The number of piperazine rings is 2. The molecule has 0 aromatic heterocycles. The van der Waals surface area contributed by atoms with Crippen molar-refractivity contribution in [3.63, 3.8) is 0 Å². The van der Waals surface area contributed by atoms with Crippen LogP contribution in [0.15, 0.2) is 48.6 Å². The minimum Gasteiger partial charge on any atom is -0.491 e. The number of hydrogen-bond acceptors (Lipinski definition) is 8. The Hall–Kier alpha value is -1.88. The van der Waals surface area contributed by atoms with Crippen molar-refractivity contribution in [3.05, 3.63) is 70.3 Å². The first kappa shape index (κ1) is 38.4. The topological polar surface area (TPSA) is 51.3 Å². The van der Waals surface area contributed by atoms with Crippen molar-refractivity contribution in [2.75, 3.05) is 76.7 Å². The normalized spacial score (nSPS) is 31.4. The Kier molecular flexibility index (Phi) is 13.1. The predicted molar refractivity (Wildman–Crippen MR) is 221 cm³/mol. The van der Waals surface area contributed by atoms with Gasteiger partial charge in [-0.15, -0.1) is 0 Å². The van der Waals surface area contributed by atoms with Crippen LogP contribution >= 0.6 is 35.5 Å². The average Bonchev–Trinajstić information content (AvgIpc) is 3.32. The van der Waals surface area contributed by atoms with Gasteiger partial charge in [-0.3, -0.25) is 19.3 Å². The van der Waals surface area contributed by atoms with E-state index in [2.05, 4.69) is 81.1 Å². The van der Waals surface area contributed by atoms with Crippen LogP contribution in [0.2, 0.25) is 5.02 Å². The van der Waals surface area contributed by atoms with Crippen LogP contribution < -0.4 is 14.4 Å². The number of nitrogens with zero attached hydrogens (tertiary/aromatic N) is 4. The van der Waals surface area contributed by atoms with E-state index in [1.54, 1.807) is 11.9 Å². The Morgan fingerprint density at radius 2 is 1.88 bits per heavy atom. The molecule has 2 aromatic rings. The number of allylic oxidation sites excluding steroid dienone is 1. The fourth-order valence-electron chi connectivity index (χ4n) is 9.16. The SMILES string of the molecule is CCCCc1cc(Cl)ccc1C1COc2ccc3cc2N(C1)CC1CCC1C(CN1CCN2CCN(SC)CC2C1)/C=C/CC(C)C(C)SNC3=O. The number of fused-ring (bicyclic) bond motifs is 3. The molecule has 3 fully saturated rings. The van der Waals surface area contributed by atoms with Crippen molar-refractivity contribution in [1.29, 1.82) is 0 Å². The standard InChI is InChI=1S/C42H60ClN5O2S2/c1-5-6-9-31-21-36(43)13-15-38(31)35-25-47-24-34-11-14-39(34)33(23-45-17-18-46-19-20-48(51-4)27-37(46)26-45)10-7-8-29(2)30(3)52-44-42(49)32-12-16-41(50-28-35)40(47)22-32/h7,10,12-13,15-16,21-22,29-30,33-35,37,39H,5-6,8-9,11,14,17-20,23-28H2,1-4H3,(H,44,49)/b10-7+. The van der Waals surface area contributed by atoms with E-state index < -0.39 is 0 Å². The molecule has 2 bridgehead atoms. The van der Waals surface area contributed by atoms with Gasteiger partial charge in [0.15, 0.2) is 0 Å². The molecule has 7 rings (SSSR count). The lowest BCUT2D eigenvalue weighted by atomic mass is 9.66. The zero-order chi connectivity index (χ0) is 36.2. The van der Waals surface area contributed by atoms with Crippen molar-refractivity contribution >= 4 is 47.1 Å². The van der Waals surface area contributed by atoms with E-state index in [1.165, 1.54) is 63.2 Å². The number of amides is 1. The average molecular weight is 767 g/mol. The van der Waals surface area contributed by atoms with E-state index in [1.807, 2.05) is 30.1 Å². The molecule has 1 N–H and O–H groups in total. The maximum Gasteiger partial charge on any atom is 0.261 e. The van der Waals surface area contributed by atoms with Gasteiger partial charge in [0.05, 0.1) is 12.3 Å². The maximum absolute atomic E-state index is 13.5. The van der Waals surface area contributed by atoms with Crippen molar-refractivity contribution in [2.45, 2.75) is 76.5 Å². The lowest BCUT2D eigenvalue weighted by molar-refractivity contribution is 0.0207. The highest BCUT2D eigenvalue weighted by atomic mass is 35.5. The summed E-state index contributed by atoms with van der Waals surface area (Å²) in [6.45, 7) is 17.5. The van der Waals surface area contributed by atoms with E-state index in [4.69, 9.17) is 16.3 Å². The molecule has 0 spiro atoms. The summed E-state index contributed by atoms with van der Waals surface area (Å²) >= 11 is 10.0. The van der Waals surface area contributed by atoms with Crippen molar-refractivity contribution in [2.24, 2.45) is 23.7 Å². The Labute approximate surface area is 326 Å². The predicted octanol–water partition coefficient (Wildman–Crippen LogP) is 8.25. The molecule has 2 saturated heterocycles. The molecular weight excluding hydrogens is 706 g/mol. The molecule has 2 aromatic carbocycles. The van der Waals surface area contributed by atoms with Gasteiger partial charge in [0.1, 0.15) is 5.75 Å². The zero-order valence-corrected chi connectivity index (χ0v) is 34.2. The van der Waals surface area contributed by atoms with Crippen LogP contribution in [-0.4, -0.2) is 103 Å². The number of carbonyl (C=O) groups excluding carboxylic acids is 1. The number of rotatable bonds is 7. The number of ether oxygens (including phenoxy) is 1. The first-order chi connectivity index (χ1) is 25.3. The minimum absolute atomic E-state index is 0.0323. The van der Waals surface area contributed by atoms with Gasteiger partial charge < -0.3 is 9.64 Å².